The molecular formula is C49H70N6O8Si. The Kier molecular flexibility index (Phi) is 15.6. The normalized spacial score (nSPS) is 18.5. The van der Waals surface area contributed by atoms with Crippen LogP contribution in [0.1, 0.15) is 90.7 Å². The smallest absolute Gasteiger partial charge is 0.408 e. The maximum Gasteiger partial charge on any atom is 0.408 e. The minimum atomic E-state index is -2.03. The van der Waals surface area contributed by atoms with E-state index in [1.54, 1.807) is 7.11 Å². The molecule has 4 heterocycles. The van der Waals surface area contributed by atoms with Crippen molar-refractivity contribution in [1.82, 2.24) is 25.3 Å². The summed E-state index contributed by atoms with van der Waals surface area (Å²) >= 11 is 0. The molecule has 4 atom stereocenters. The topological polar surface area (TPSA) is 157 Å². The lowest BCUT2D eigenvalue weighted by atomic mass is 9.84. The van der Waals surface area contributed by atoms with E-state index in [0.29, 0.717) is 45.7 Å². The average molecular weight is 899 g/mol. The standard InChI is InChI=1S/C49H70N6O8Si/c1-11-54-42-22-21-35(27-38(42)39(29-49(6,7)32-63-64(9,10)48(3,4)5)44(54)37-19-15-23-50-43(37)33(2)60-8)53-25-26-61-36(30-53)28-41(45(56)55-24-16-20-40(52-55)46(57)58)51-47(59)62-31-34-17-13-12-14-18-34/h12-15,17-19,21-23,27,33,36,40-41,52H,11,16,20,24-26,28-32H2,1-10H3,(H,51,59)(H,57,58)/t33-,36?,40?,41?/m0/s1. The van der Waals surface area contributed by atoms with Gasteiger partial charge in [0.2, 0.25) is 0 Å². The average Bonchev–Trinajstić information content (AvgIpc) is 3.58. The summed E-state index contributed by atoms with van der Waals surface area (Å²) in [6.45, 7) is 23.4. The quantitative estimate of drug-likeness (QED) is 0.0874. The molecule has 2 aliphatic rings. The molecule has 3 unspecified atom stereocenters. The van der Waals surface area contributed by atoms with E-state index in [1.807, 2.05) is 49.5 Å². The fraction of sp³-hybridized carbons (Fsp3) is 0.551. The third-order valence-electron chi connectivity index (χ3n) is 13.1. The van der Waals surface area contributed by atoms with Crippen molar-refractivity contribution in [3.8, 4) is 11.3 Å². The zero-order valence-electron chi connectivity index (χ0n) is 39.5. The second-order valence-corrected chi connectivity index (χ2v) is 24.4. The van der Waals surface area contributed by atoms with E-state index < -0.39 is 44.5 Å². The number of hydrogen-bond donors (Lipinski definition) is 3. The largest absolute Gasteiger partial charge is 0.480 e. The van der Waals surface area contributed by atoms with Crippen LogP contribution in [0.4, 0.5) is 10.5 Å². The lowest BCUT2D eigenvalue weighted by Gasteiger charge is -2.39. The van der Waals surface area contributed by atoms with Gasteiger partial charge in [-0.3, -0.25) is 19.6 Å². The van der Waals surface area contributed by atoms with Crippen molar-refractivity contribution < 1.29 is 38.1 Å². The highest BCUT2D eigenvalue weighted by atomic mass is 28.4. The van der Waals surface area contributed by atoms with Crippen molar-refractivity contribution in [2.24, 2.45) is 5.41 Å². The van der Waals surface area contributed by atoms with Crippen molar-refractivity contribution >= 4 is 42.9 Å². The fourth-order valence-electron chi connectivity index (χ4n) is 8.40. The van der Waals surface area contributed by atoms with Gasteiger partial charge in [0.05, 0.1) is 30.2 Å². The van der Waals surface area contributed by atoms with Gasteiger partial charge in [-0.05, 0) is 98.1 Å². The number of alkyl carbamates (subject to hydrolysis) is 1. The first-order valence-corrected chi connectivity index (χ1v) is 25.6. The van der Waals surface area contributed by atoms with Crippen LogP contribution < -0.4 is 15.6 Å². The van der Waals surface area contributed by atoms with Gasteiger partial charge in [-0.2, -0.15) is 0 Å². The molecule has 0 aliphatic carbocycles. The van der Waals surface area contributed by atoms with Gasteiger partial charge in [-0.25, -0.2) is 10.2 Å². The monoisotopic (exact) mass is 899 g/mol. The Morgan fingerprint density at radius 2 is 1.80 bits per heavy atom. The third kappa shape index (κ3) is 11.5. The molecule has 348 valence electrons. The van der Waals surface area contributed by atoms with E-state index in [1.165, 1.54) is 10.6 Å². The van der Waals surface area contributed by atoms with Crippen LogP contribution in [0.5, 0.6) is 0 Å². The molecule has 14 nitrogen and oxygen atoms in total. The molecule has 2 aromatic carbocycles. The number of methoxy groups -OCH3 is 1. The number of morpholine rings is 1. The van der Waals surface area contributed by atoms with Crippen LogP contribution in [-0.2, 0) is 47.8 Å². The number of rotatable bonds is 17. The molecular weight excluding hydrogens is 829 g/mol. The molecule has 2 amide bonds. The molecule has 0 spiro atoms. The minimum Gasteiger partial charge on any atom is -0.480 e. The molecule has 2 aliphatic heterocycles. The van der Waals surface area contributed by atoms with Gasteiger partial charge in [-0.15, -0.1) is 0 Å². The first-order valence-electron chi connectivity index (χ1n) is 22.7. The Morgan fingerprint density at radius 3 is 2.48 bits per heavy atom. The van der Waals surface area contributed by atoms with E-state index in [2.05, 4.69) is 99.1 Å². The van der Waals surface area contributed by atoms with Gasteiger partial charge in [0.25, 0.3) is 5.91 Å². The highest BCUT2D eigenvalue weighted by Gasteiger charge is 2.40. The number of nitrogens with zero attached hydrogens (tertiary/aromatic N) is 4. The van der Waals surface area contributed by atoms with Gasteiger partial charge in [0.15, 0.2) is 8.32 Å². The number of ether oxygens (including phenoxy) is 3. The number of aliphatic carboxylic acids is 1. The van der Waals surface area contributed by atoms with Crippen LogP contribution in [0.25, 0.3) is 22.2 Å². The van der Waals surface area contributed by atoms with Crippen LogP contribution in [0, 0.1) is 5.41 Å². The fourth-order valence-corrected chi connectivity index (χ4v) is 9.58. The maximum atomic E-state index is 14.1. The summed E-state index contributed by atoms with van der Waals surface area (Å²) in [7, 11) is -0.311. The summed E-state index contributed by atoms with van der Waals surface area (Å²) in [5.41, 5.74) is 9.88. The van der Waals surface area contributed by atoms with Crippen LogP contribution in [0.3, 0.4) is 0 Å². The molecule has 0 saturated carbocycles. The molecule has 0 radical (unpaired) electrons. The highest BCUT2D eigenvalue weighted by molar-refractivity contribution is 6.74. The number of carbonyl (C=O) groups excluding carboxylic acids is 2. The molecule has 4 aromatic rings. The number of carboxylic acid groups (broad SMARTS) is 1. The van der Waals surface area contributed by atoms with Crippen molar-refractivity contribution in [3.05, 3.63) is 83.7 Å². The lowest BCUT2D eigenvalue weighted by Crippen LogP contribution is -2.60. The molecule has 2 fully saturated rings. The maximum absolute atomic E-state index is 14.1. The first-order chi connectivity index (χ1) is 30.3. The summed E-state index contributed by atoms with van der Waals surface area (Å²) in [6, 6.07) is 18.2. The van der Waals surface area contributed by atoms with E-state index in [0.717, 1.165) is 52.1 Å². The first kappa shape index (κ1) is 48.6. The Hall–Kier alpha value is -4.80. The SMILES string of the molecule is CCn1c(-c2cccnc2[C@H](C)OC)c(CC(C)(C)CO[Si](C)(C)C(C)(C)C)c2cc(N3CCOC(CC(NC(=O)OCc4ccccc4)C(=O)N4CCCC(C(=O)O)N4)C3)ccc21. The zero-order valence-corrected chi connectivity index (χ0v) is 40.5. The van der Waals surface area contributed by atoms with E-state index in [9.17, 15) is 19.5 Å². The Bertz CT molecular complexity index is 2240. The lowest BCUT2D eigenvalue weighted by molar-refractivity contribution is -0.148. The minimum absolute atomic E-state index is 0.0324. The Balaban J connectivity index is 1.32. The number of amides is 2. The second-order valence-electron chi connectivity index (χ2n) is 19.6. The summed E-state index contributed by atoms with van der Waals surface area (Å²) in [5, 5.41) is 15.1. The Labute approximate surface area is 380 Å². The van der Waals surface area contributed by atoms with Gasteiger partial charge in [0.1, 0.15) is 18.7 Å². The van der Waals surface area contributed by atoms with Crippen LogP contribution in [0.2, 0.25) is 18.1 Å². The number of carboxylic acids is 1. The predicted octanol–water partition coefficient (Wildman–Crippen LogP) is 8.49. The molecule has 6 rings (SSSR count). The number of hydrogen-bond acceptors (Lipinski definition) is 10. The number of hydrazine groups is 1. The van der Waals surface area contributed by atoms with Crippen molar-refractivity contribution in [3.63, 3.8) is 0 Å². The van der Waals surface area contributed by atoms with Crippen LogP contribution in [-0.4, -0.2) is 104 Å². The number of benzene rings is 2. The molecule has 2 aromatic heterocycles. The number of carbonyl (C=O) groups is 3. The third-order valence-corrected chi connectivity index (χ3v) is 17.6. The number of aryl methyl sites for hydroxylation is 1. The molecule has 3 N–H and O–H groups in total. The van der Waals surface area contributed by atoms with E-state index >= 15 is 0 Å². The molecule has 2 saturated heterocycles. The second kappa shape index (κ2) is 20.6. The Morgan fingerprint density at radius 1 is 1.05 bits per heavy atom. The van der Waals surface area contributed by atoms with Crippen LogP contribution >= 0.6 is 0 Å². The zero-order chi connectivity index (χ0) is 46.4. The van der Waals surface area contributed by atoms with E-state index in [-0.39, 0.29) is 29.6 Å². The van der Waals surface area contributed by atoms with Crippen molar-refractivity contribution in [1.29, 1.82) is 0 Å². The van der Waals surface area contributed by atoms with E-state index in [4.69, 9.17) is 23.6 Å². The highest BCUT2D eigenvalue weighted by Crippen LogP contribution is 2.43. The van der Waals surface area contributed by atoms with Gasteiger partial charge >= 0.3 is 12.1 Å². The number of anilines is 1. The molecule has 0 bridgehead atoms. The summed E-state index contributed by atoms with van der Waals surface area (Å²) < 4.78 is 27.0. The predicted molar refractivity (Wildman–Crippen MR) is 253 cm³/mol. The van der Waals surface area contributed by atoms with Crippen molar-refractivity contribution in [2.45, 2.75) is 130 Å². The van der Waals surface area contributed by atoms with Gasteiger partial charge in [0, 0.05) is 74.7 Å². The molecule has 64 heavy (non-hydrogen) atoms. The van der Waals surface area contributed by atoms with Crippen LogP contribution in [0.15, 0.2) is 66.9 Å². The number of fused-ring (bicyclic) bond motifs is 1. The summed E-state index contributed by atoms with van der Waals surface area (Å²) in [5.74, 6) is -1.48. The van der Waals surface area contributed by atoms with Gasteiger partial charge < -0.3 is 38.5 Å². The number of aromatic nitrogens is 2. The van der Waals surface area contributed by atoms with Gasteiger partial charge in [-0.1, -0.05) is 65.0 Å². The summed E-state index contributed by atoms with van der Waals surface area (Å²) in [6.07, 6.45) is 2.23. The summed E-state index contributed by atoms with van der Waals surface area (Å²) in [4.78, 5) is 46.4. The van der Waals surface area contributed by atoms with Crippen molar-refractivity contribution in [2.75, 3.05) is 44.9 Å². The number of nitrogens with one attached hydrogen (secondary N) is 2. The number of pyridine rings is 1. The molecule has 15 heteroatoms.